The number of aromatic nitrogens is 2. The quantitative estimate of drug-likeness (QED) is 0.365. The Balaban J connectivity index is 1.66. The molecule has 2 heterocycles. The Morgan fingerprint density at radius 3 is 2.88 bits per heavy atom. The minimum absolute atomic E-state index is 0.146. The summed E-state index contributed by atoms with van der Waals surface area (Å²) in [5.41, 5.74) is 2.19. The number of benzene rings is 1. The number of hydrogen-bond acceptors (Lipinski definition) is 5. The molecule has 1 aliphatic rings. The summed E-state index contributed by atoms with van der Waals surface area (Å²) in [5, 5.41) is 2.17. The van der Waals surface area contributed by atoms with Gasteiger partial charge in [-0.15, -0.1) is 11.3 Å². The van der Waals surface area contributed by atoms with Gasteiger partial charge in [0.1, 0.15) is 15.7 Å². The van der Waals surface area contributed by atoms with Gasteiger partial charge < -0.3 is 0 Å². The average molecular weight is 369 g/mol. The number of carbonyl (C=O) groups is 1. The van der Waals surface area contributed by atoms with Crippen LogP contribution >= 0.6 is 23.1 Å². The van der Waals surface area contributed by atoms with Gasteiger partial charge in [-0.2, -0.15) is 0 Å². The SMILES string of the molecule is Cc1nc(SCC(=O)c2ccccc2)c2c3c(sc2n1)C[C@@H](C)CC3. The summed E-state index contributed by atoms with van der Waals surface area (Å²) in [6, 6.07) is 9.48. The number of fused-ring (bicyclic) bond motifs is 3. The lowest BCUT2D eigenvalue weighted by Crippen LogP contribution is -2.09. The highest BCUT2D eigenvalue weighted by atomic mass is 32.2. The molecule has 0 bridgehead atoms. The zero-order valence-corrected chi connectivity index (χ0v) is 16.0. The predicted octanol–water partition coefficient (Wildman–Crippen LogP) is 5.10. The van der Waals surface area contributed by atoms with Crippen LogP contribution in [0.1, 0.15) is 40.0 Å². The van der Waals surface area contributed by atoms with E-state index in [1.54, 1.807) is 11.8 Å². The van der Waals surface area contributed by atoms with Crippen molar-refractivity contribution in [3.05, 3.63) is 52.2 Å². The molecule has 0 N–H and O–H groups in total. The topological polar surface area (TPSA) is 42.9 Å². The maximum atomic E-state index is 12.4. The number of nitrogens with zero attached hydrogens (tertiary/aromatic N) is 2. The zero-order valence-electron chi connectivity index (χ0n) is 14.4. The number of Topliss-reactive ketones (excluding diaryl/α,β-unsaturated/α-hetero) is 1. The molecule has 0 saturated heterocycles. The fourth-order valence-electron chi connectivity index (χ4n) is 3.36. The summed E-state index contributed by atoms with van der Waals surface area (Å²) in [6.07, 6.45) is 3.46. The van der Waals surface area contributed by atoms with E-state index < -0.39 is 0 Å². The van der Waals surface area contributed by atoms with Crippen molar-refractivity contribution in [2.45, 2.75) is 38.1 Å². The van der Waals surface area contributed by atoms with Crippen molar-refractivity contribution in [2.75, 3.05) is 5.75 Å². The lowest BCUT2D eigenvalue weighted by atomic mass is 9.89. The summed E-state index contributed by atoms with van der Waals surface area (Å²) in [7, 11) is 0. The Kier molecular flexibility index (Phi) is 4.61. The van der Waals surface area contributed by atoms with Gasteiger partial charge in [-0.05, 0) is 37.7 Å². The first-order valence-corrected chi connectivity index (χ1v) is 10.4. The molecule has 0 saturated carbocycles. The van der Waals surface area contributed by atoms with Crippen LogP contribution in [0.4, 0.5) is 0 Å². The molecule has 3 aromatic rings. The van der Waals surface area contributed by atoms with Crippen LogP contribution in [0.3, 0.4) is 0 Å². The maximum Gasteiger partial charge on any atom is 0.173 e. The van der Waals surface area contributed by atoms with Gasteiger partial charge in [0.05, 0.1) is 5.75 Å². The number of aryl methyl sites for hydroxylation is 2. The van der Waals surface area contributed by atoms with E-state index in [1.807, 2.05) is 48.6 Å². The van der Waals surface area contributed by atoms with Gasteiger partial charge >= 0.3 is 0 Å². The van der Waals surface area contributed by atoms with Crippen molar-refractivity contribution in [1.29, 1.82) is 0 Å². The second-order valence-electron chi connectivity index (χ2n) is 6.69. The van der Waals surface area contributed by atoms with E-state index in [1.165, 1.54) is 22.2 Å². The Hall–Kier alpha value is -1.72. The summed E-state index contributed by atoms with van der Waals surface area (Å²) in [6.45, 7) is 4.25. The van der Waals surface area contributed by atoms with Gasteiger partial charge in [-0.1, -0.05) is 49.0 Å². The minimum atomic E-state index is 0.146. The van der Waals surface area contributed by atoms with Crippen LogP contribution in [0, 0.1) is 12.8 Å². The van der Waals surface area contributed by atoms with Gasteiger partial charge in [0.25, 0.3) is 0 Å². The maximum absolute atomic E-state index is 12.4. The van der Waals surface area contributed by atoms with Crippen LogP contribution in [0.25, 0.3) is 10.2 Å². The zero-order chi connectivity index (χ0) is 17.4. The van der Waals surface area contributed by atoms with Crippen molar-refractivity contribution in [3.8, 4) is 0 Å². The van der Waals surface area contributed by atoms with Gasteiger partial charge in [-0.25, -0.2) is 9.97 Å². The third kappa shape index (κ3) is 3.35. The largest absolute Gasteiger partial charge is 0.293 e. The molecule has 1 aromatic carbocycles. The van der Waals surface area contributed by atoms with Crippen LogP contribution in [-0.2, 0) is 12.8 Å². The minimum Gasteiger partial charge on any atom is -0.293 e. The first-order chi connectivity index (χ1) is 12.1. The van der Waals surface area contributed by atoms with Crippen LogP contribution < -0.4 is 0 Å². The predicted molar refractivity (Wildman–Crippen MR) is 105 cm³/mol. The van der Waals surface area contributed by atoms with Gasteiger partial charge in [0.2, 0.25) is 0 Å². The summed E-state index contributed by atoms with van der Waals surface area (Å²) >= 11 is 3.36. The molecule has 1 aliphatic carbocycles. The molecule has 2 aromatic heterocycles. The highest BCUT2D eigenvalue weighted by Gasteiger charge is 2.24. The standard InChI is InChI=1S/C20H20N2OS2/c1-12-8-9-15-17(10-12)25-20-18(15)19(21-13(2)22-20)24-11-16(23)14-6-4-3-5-7-14/h3-7,12H,8-11H2,1-2H3/t12-/m0/s1. The summed E-state index contributed by atoms with van der Waals surface area (Å²) in [5.74, 6) is 2.09. The number of ketones is 1. The normalized spacial score (nSPS) is 16.8. The van der Waals surface area contributed by atoms with E-state index in [9.17, 15) is 4.79 Å². The second-order valence-corrected chi connectivity index (χ2v) is 8.73. The number of hydrogen-bond donors (Lipinski definition) is 0. The summed E-state index contributed by atoms with van der Waals surface area (Å²) in [4.78, 5) is 24.3. The third-order valence-electron chi connectivity index (χ3n) is 4.67. The molecule has 0 radical (unpaired) electrons. The molecule has 25 heavy (non-hydrogen) atoms. The summed E-state index contributed by atoms with van der Waals surface area (Å²) < 4.78 is 0. The smallest absolute Gasteiger partial charge is 0.173 e. The van der Waals surface area contributed by atoms with E-state index in [4.69, 9.17) is 0 Å². The molecule has 0 unspecified atom stereocenters. The molecular formula is C20H20N2OS2. The number of thiophene rings is 1. The number of carbonyl (C=O) groups excluding carboxylic acids is 1. The van der Waals surface area contributed by atoms with Crippen LogP contribution in [0.5, 0.6) is 0 Å². The van der Waals surface area contributed by atoms with Gasteiger partial charge in [0.15, 0.2) is 5.78 Å². The lowest BCUT2D eigenvalue weighted by molar-refractivity contribution is 0.102. The molecule has 4 rings (SSSR count). The molecule has 3 nitrogen and oxygen atoms in total. The van der Waals surface area contributed by atoms with E-state index >= 15 is 0 Å². The monoisotopic (exact) mass is 368 g/mol. The van der Waals surface area contributed by atoms with E-state index in [2.05, 4.69) is 16.9 Å². The van der Waals surface area contributed by atoms with Crippen molar-refractivity contribution < 1.29 is 4.79 Å². The molecule has 5 heteroatoms. The fourth-order valence-corrected chi connectivity index (χ4v) is 5.84. The van der Waals surface area contributed by atoms with Gasteiger partial charge in [0, 0.05) is 15.8 Å². The molecular weight excluding hydrogens is 348 g/mol. The third-order valence-corrected chi connectivity index (χ3v) is 6.79. The van der Waals surface area contributed by atoms with Crippen LogP contribution in [-0.4, -0.2) is 21.5 Å². The van der Waals surface area contributed by atoms with Crippen LogP contribution in [0.15, 0.2) is 35.4 Å². The number of rotatable bonds is 4. The Morgan fingerprint density at radius 1 is 1.28 bits per heavy atom. The Morgan fingerprint density at radius 2 is 2.08 bits per heavy atom. The second kappa shape index (κ2) is 6.89. The highest BCUT2D eigenvalue weighted by Crippen LogP contribution is 2.40. The molecule has 0 aliphatic heterocycles. The Labute approximate surface area is 155 Å². The lowest BCUT2D eigenvalue weighted by Gasteiger charge is -2.18. The van der Waals surface area contributed by atoms with Crippen molar-refractivity contribution in [3.63, 3.8) is 0 Å². The fraction of sp³-hybridized carbons (Fsp3) is 0.350. The molecule has 1 atom stereocenters. The van der Waals surface area contributed by atoms with E-state index in [0.29, 0.717) is 5.75 Å². The average Bonchev–Trinajstić information content (AvgIpc) is 2.97. The van der Waals surface area contributed by atoms with Crippen molar-refractivity contribution in [1.82, 2.24) is 9.97 Å². The molecule has 0 amide bonds. The van der Waals surface area contributed by atoms with Gasteiger partial charge in [-0.3, -0.25) is 4.79 Å². The van der Waals surface area contributed by atoms with Crippen LogP contribution in [0.2, 0.25) is 0 Å². The number of thioether (sulfide) groups is 1. The Bertz CT molecular complexity index is 934. The van der Waals surface area contributed by atoms with Crippen molar-refractivity contribution in [2.24, 2.45) is 5.92 Å². The molecule has 128 valence electrons. The van der Waals surface area contributed by atoms with E-state index in [-0.39, 0.29) is 5.78 Å². The highest BCUT2D eigenvalue weighted by molar-refractivity contribution is 8.00. The first kappa shape index (κ1) is 16.7. The van der Waals surface area contributed by atoms with E-state index in [0.717, 1.165) is 40.0 Å². The molecule has 0 fully saturated rings. The van der Waals surface area contributed by atoms with Crippen molar-refractivity contribution >= 4 is 39.1 Å². The molecule has 0 spiro atoms. The first-order valence-electron chi connectivity index (χ1n) is 8.61.